The van der Waals surface area contributed by atoms with Crippen LogP contribution in [0.4, 0.5) is 5.69 Å². The Hall–Kier alpha value is -1.26. The van der Waals surface area contributed by atoms with Gasteiger partial charge in [0.05, 0.1) is 15.2 Å². The molecule has 0 saturated heterocycles. The lowest BCUT2D eigenvalue weighted by molar-refractivity contribution is 0.697. The molecule has 0 amide bonds. The van der Waals surface area contributed by atoms with Crippen molar-refractivity contribution in [3.63, 3.8) is 0 Å². The summed E-state index contributed by atoms with van der Waals surface area (Å²) in [4.78, 5) is 11.5. The smallest absolute Gasteiger partial charge is 0.250 e. The molecule has 1 aromatic carbocycles. The standard InChI is InChI=1S/C13H12BrClN2O/c14-13-10(15)4-3-5-11(13)16-7-9-17-8-2-1-6-12(17)18/h1-6,8,16H,7,9H2. The van der Waals surface area contributed by atoms with Gasteiger partial charge in [-0.25, -0.2) is 0 Å². The predicted octanol–water partition coefficient (Wildman–Crippen LogP) is 3.38. The molecule has 5 heteroatoms. The van der Waals surface area contributed by atoms with E-state index in [0.717, 1.165) is 10.2 Å². The Bertz CT molecular complexity index is 598. The van der Waals surface area contributed by atoms with Crippen LogP contribution in [0.3, 0.4) is 0 Å². The Balaban J connectivity index is 1.99. The van der Waals surface area contributed by atoms with Crippen LogP contribution in [0.2, 0.25) is 5.02 Å². The minimum absolute atomic E-state index is 0.00413. The van der Waals surface area contributed by atoms with E-state index in [1.807, 2.05) is 24.3 Å². The van der Waals surface area contributed by atoms with Crippen LogP contribution in [0.15, 0.2) is 51.9 Å². The lowest BCUT2D eigenvalue weighted by atomic mass is 10.3. The summed E-state index contributed by atoms with van der Waals surface area (Å²) in [6.45, 7) is 1.27. The van der Waals surface area contributed by atoms with Crippen LogP contribution in [0.1, 0.15) is 0 Å². The minimum atomic E-state index is 0.00413. The molecule has 0 spiro atoms. The Kier molecular flexibility index (Phi) is 4.44. The van der Waals surface area contributed by atoms with Crippen molar-refractivity contribution >= 4 is 33.2 Å². The molecule has 0 bridgehead atoms. The molecular weight excluding hydrogens is 316 g/mol. The third-order valence-electron chi connectivity index (χ3n) is 2.52. The number of nitrogens with zero attached hydrogens (tertiary/aromatic N) is 1. The Morgan fingerprint density at radius 3 is 2.83 bits per heavy atom. The maximum Gasteiger partial charge on any atom is 0.250 e. The monoisotopic (exact) mass is 326 g/mol. The molecule has 0 unspecified atom stereocenters. The maximum atomic E-state index is 11.5. The Morgan fingerprint density at radius 2 is 2.06 bits per heavy atom. The van der Waals surface area contributed by atoms with Crippen molar-refractivity contribution in [1.29, 1.82) is 0 Å². The van der Waals surface area contributed by atoms with E-state index in [-0.39, 0.29) is 5.56 Å². The first-order chi connectivity index (χ1) is 8.68. The number of hydrogen-bond donors (Lipinski definition) is 1. The first-order valence-corrected chi connectivity index (χ1v) is 6.69. The second kappa shape index (κ2) is 6.07. The van der Waals surface area contributed by atoms with Crippen molar-refractivity contribution in [3.05, 3.63) is 62.4 Å². The number of pyridine rings is 1. The summed E-state index contributed by atoms with van der Waals surface area (Å²) in [5.74, 6) is 0. The van der Waals surface area contributed by atoms with Crippen molar-refractivity contribution in [2.75, 3.05) is 11.9 Å². The third kappa shape index (κ3) is 3.15. The van der Waals surface area contributed by atoms with Gasteiger partial charge in [0.15, 0.2) is 0 Å². The summed E-state index contributed by atoms with van der Waals surface area (Å²) in [6.07, 6.45) is 1.77. The van der Waals surface area contributed by atoms with Crippen LogP contribution < -0.4 is 10.9 Å². The predicted molar refractivity (Wildman–Crippen MR) is 78.3 cm³/mol. The second-order valence-electron chi connectivity index (χ2n) is 3.76. The number of rotatable bonds is 4. The number of hydrogen-bond acceptors (Lipinski definition) is 2. The van der Waals surface area contributed by atoms with Gasteiger partial charge in [0.1, 0.15) is 0 Å². The normalized spacial score (nSPS) is 10.3. The summed E-state index contributed by atoms with van der Waals surface area (Å²) in [5, 5.41) is 3.90. The van der Waals surface area contributed by atoms with Gasteiger partial charge >= 0.3 is 0 Å². The zero-order chi connectivity index (χ0) is 13.0. The average Bonchev–Trinajstić information content (AvgIpc) is 2.37. The van der Waals surface area contributed by atoms with Gasteiger partial charge < -0.3 is 9.88 Å². The second-order valence-corrected chi connectivity index (χ2v) is 4.96. The van der Waals surface area contributed by atoms with Gasteiger partial charge in [-0.05, 0) is 34.1 Å². The van der Waals surface area contributed by atoms with Crippen molar-refractivity contribution < 1.29 is 0 Å². The van der Waals surface area contributed by atoms with E-state index in [1.54, 1.807) is 22.9 Å². The number of nitrogens with one attached hydrogen (secondary N) is 1. The SMILES string of the molecule is O=c1ccccn1CCNc1cccc(Cl)c1Br. The van der Waals surface area contributed by atoms with Crippen molar-refractivity contribution in [2.24, 2.45) is 0 Å². The summed E-state index contributed by atoms with van der Waals surface area (Å²) in [7, 11) is 0. The van der Waals surface area contributed by atoms with Crippen LogP contribution in [0.5, 0.6) is 0 Å². The van der Waals surface area contributed by atoms with Gasteiger partial charge in [0.25, 0.3) is 5.56 Å². The topological polar surface area (TPSA) is 34.0 Å². The molecule has 0 aliphatic carbocycles. The molecule has 0 radical (unpaired) electrons. The van der Waals surface area contributed by atoms with Crippen molar-refractivity contribution in [2.45, 2.75) is 6.54 Å². The van der Waals surface area contributed by atoms with E-state index in [0.29, 0.717) is 18.1 Å². The highest BCUT2D eigenvalue weighted by Crippen LogP contribution is 2.29. The highest BCUT2D eigenvalue weighted by atomic mass is 79.9. The number of benzene rings is 1. The van der Waals surface area contributed by atoms with Crippen LogP contribution in [0, 0.1) is 0 Å². The summed E-state index contributed by atoms with van der Waals surface area (Å²) < 4.78 is 2.50. The van der Waals surface area contributed by atoms with E-state index in [2.05, 4.69) is 21.2 Å². The Labute approximate surface area is 119 Å². The number of anilines is 1. The molecule has 1 aromatic heterocycles. The molecule has 0 atom stereocenters. The fraction of sp³-hybridized carbons (Fsp3) is 0.154. The van der Waals surface area contributed by atoms with E-state index in [1.165, 1.54) is 0 Å². The van der Waals surface area contributed by atoms with E-state index >= 15 is 0 Å². The summed E-state index contributed by atoms with van der Waals surface area (Å²) in [5.41, 5.74) is 0.927. The molecule has 18 heavy (non-hydrogen) atoms. The molecule has 2 aromatic rings. The van der Waals surface area contributed by atoms with Gasteiger partial charge in [-0.2, -0.15) is 0 Å². The van der Waals surface area contributed by atoms with Crippen LogP contribution in [0.25, 0.3) is 0 Å². The first kappa shape index (κ1) is 13.2. The number of halogens is 2. The Morgan fingerprint density at radius 1 is 1.22 bits per heavy atom. The van der Waals surface area contributed by atoms with E-state index in [4.69, 9.17) is 11.6 Å². The molecule has 3 nitrogen and oxygen atoms in total. The van der Waals surface area contributed by atoms with Crippen molar-refractivity contribution in [1.82, 2.24) is 4.57 Å². The fourth-order valence-corrected chi connectivity index (χ4v) is 2.18. The molecule has 0 aliphatic rings. The van der Waals surface area contributed by atoms with E-state index in [9.17, 15) is 4.79 Å². The summed E-state index contributed by atoms with van der Waals surface area (Å²) in [6, 6.07) is 10.8. The first-order valence-electron chi connectivity index (χ1n) is 5.52. The highest BCUT2D eigenvalue weighted by molar-refractivity contribution is 9.10. The van der Waals surface area contributed by atoms with Crippen molar-refractivity contribution in [3.8, 4) is 0 Å². The van der Waals surface area contributed by atoms with Crippen LogP contribution in [-0.4, -0.2) is 11.1 Å². The third-order valence-corrected chi connectivity index (χ3v) is 3.92. The largest absolute Gasteiger partial charge is 0.382 e. The van der Waals surface area contributed by atoms with Gasteiger partial charge in [0, 0.05) is 25.4 Å². The molecule has 2 rings (SSSR count). The van der Waals surface area contributed by atoms with Gasteiger partial charge in [0.2, 0.25) is 0 Å². The fourth-order valence-electron chi connectivity index (χ4n) is 1.60. The average molecular weight is 328 g/mol. The maximum absolute atomic E-state index is 11.5. The molecule has 0 saturated carbocycles. The zero-order valence-electron chi connectivity index (χ0n) is 9.57. The quantitative estimate of drug-likeness (QED) is 0.934. The summed E-state index contributed by atoms with van der Waals surface area (Å²) >= 11 is 9.41. The molecule has 1 heterocycles. The molecule has 0 fully saturated rings. The van der Waals surface area contributed by atoms with Crippen LogP contribution in [-0.2, 0) is 6.54 Å². The number of aromatic nitrogens is 1. The molecule has 0 aliphatic heterocycles. The minimum Gasteiger partial charge on any atom is -0.382 e. The van der Waals surface area contributed by atoms with Gasteiger partial charge in [-0.1, -0.05) is 23.7 Å². The van der Waals surface area contributed by atoms with Gasteiger partial charge in [-0.3, -0.25) is 4.79 Å². The van der Waals surface area contributed by atoms with Crippen LogP contribution >= 0.6 is 27.5 Å². The zero-order valence-corrected chi connectivity index (χ0v) is 11.9. The van der Waals surface area contributed by atoms with Gasteiger partial charge in [-0.15, -0.1) is 0 Å². The highest BCUT2D eigenvalue weighted by Gasteiger charge is 2.02. The lowest BCUT2D eigenvalue weighted by Crippen LogP contribution is -2.22. The molecular formula is C13H12BrClN2O. The lowest BCUT2D eigenvalue weighted by Gasteiger charge is -2.10. The van der Waals surface area contributed by atoms with E-state index < -0.39 is 0 Å². The molecule has 1 N–H and O–H groups in total. The molecule has 94 valence electrons.